The smallest absolute Gasteiger partial charge is 0.0989 e. The topological polar surface area (TPSA) is 3.24 Å². The molecule has 1 fully saturated rings. The highest BCUT2D eigenvalue weighted by Gasteiger charge is 2.39. The van der Waals surface area contributed by atoms with Crippen LogP contribution in [0.3, 0.4) is 0 Å². The molecule has 1 aliphatic heterocycles. The van der Waals surface area contributed by atoms with Crippen LogP contribution in [0.1, 0.15) is 0 Å². The third-order valence-corrected chi connectivity index (χ3v) is 8.49. The minimum absolute atomic E-state index is 0.0239. The Morgan fingerprint density at radius 2 is 2.08 bits per heavy atom. The van der Waals surface area contributed by atoms with Crippen LogP contribution in [0.2, 0.25) is 0 Å². The Morgan fingerprint density at radius 3 is 2.42 bits per heavy atom. The molecule has 0 radical (unpaired) electrons. The van der Waals surface area contributed by atoms with Crippen molar-refractivity contribution >= 4 is 28.6 Å². The van der Waals surface area contributed by atoms with E-state index >= 15 is 0 Å². The van der Waals surface area contributed by atoms with Gasteiger partial charge in [-0.2, -0.15) is 0 Å². The lowest BCUT2D eigenvalue weighted by Crippen LogP contribution is -2.27. The molecule has 3 atom stereocenters. The van der Waals surface area contributed by atoms with Crippen molar-refractivity contribution in [2.75, 3.05) is 13.7 Å². The first-order valence-corrected chi connectivity index (χ1v) is 8.13. The normalized spacial score (nSPS) is 42.0. The second kappa shape index (κ2) is 3.44. The van der Waals surface area contributed by atoms with Gasteiger partial charge in [-0.25, -0.2) is 0 Å². The number of hydrogen-bond donors (Lipinski definition) is 0. The summed E-state index contributed by atoms with van der Waals surface area (Å²) in [5.74, 6) is 5.38. The Labute approximate surface area is 83.1 Å². The fourth-order valence-corrected chi connectivity index (χ4v) is 6.51. The van der Waals surface area contributed by atoms with E-state index in [4.69, 9.17) is 24.7 Å². The monoisotopic (exact) mass is 215 g/mol. The number of rotatable bonds is 0. The van der Waals surface area contributed by atoms with Crippen LogP contribution in [-0.4, -0.2) is 29.7 Å². The zero-order chi connectivity index (χ0) is 9.35. The van der Waals surface area contributed by atoms with Crippen molar-refractivity contribution in [1.29, 1.82) is 0 Å². The maximum absolute atomic E-state index is 5.43. The molecular weight excluding hydrogens is 205 g/mol. The van der Waals surface area contributed by atoms with Crippen LogP contribution in [0.15, 0.2) is 0 Å². The molecular formula is C8H10NPS2. The molecule has 0 bridgehead atoms. The van der Waals surface area contributed by atoms with Crippen molar-refractivity contribution in [2.24, 2.45) is 0 Å². The Balaban J connectivity index is 2.99. The third kappa shape index (κ3) is 1.56. The highest BCUT2D eigenvalue weighted by Crippen LogP contribution is 2.66. The summed E-state index contributed by atoms with van der Waals surface area (Å²) < 4.78 is 2.08. The van der Waals surface area contributed by atoms with E-state index in [0.29, 0.717) is 0 Å². The zero-order valence-corrected chi connectivity index (χ0v) is 9.55. The van der Waals surface area contributed by atoms with Gasteiger partial charge in [-0.15, -0.1) is 12.8 Å². The van der Waals surface area contributed by atoms with Crippen molar-refractivity contribution in [1.82, 2.24) is 4.67 Å². The minimum Gasteiger partial charge on any atom is -0.254 e. The molecule has 0 amide bonds. The Bertz CT molecular complexity index is 312. The first kappa shape index (κ1) is 10.2. The summed E-state index contributed by atoms with van der Waals surface area (Å²) >= 11 is 7.11. The maximum Gasteiger partial charge on any atom is 0.0989 e. The summed E-state index contributed by atoms with van der Waals surface area (Å²) in [4.78, 5) is 0. The molecule has 0 aromatic carbocycles. The SMILES string of the molecule is C#CC1SP(C)(=S)N(C)C1C#C. The summed E-state index contributed by atoms with van der Waals surface area (Å²) in [5, 5.41) is -1.40. The molecule has 0 saturated carbocycles. The van der Waals surface area contributed by atoms with E-state index in [1.54, 1.807) is 11.4 Å². The molecule has 1 heterocycles. The van der Waals surface area contributed by atoms with Crippen LogP contribution >= 0.6 is 16.8 Å². The van der Waals surface area contributed by atoms with E-state index in [1.165, 1.54) is 0 Å². The van der Waals surface area contributed by atoms with E-state index in [0.717, 1.165) is 0 Å². The summed E-state index contributed by atoms with van der Waals surface area (Å²) in [6.45, 7) is 2.06. The lowest BCUT2D eigenvalue weighted by Gasteiger charge is -2.20. The third-order valence-electron chi connectivity index (χ3n) is 1.91. The number of nitrogens with zero attached hydrogens (tertiary/aromatic N) is 1. The largest absolute Gasteiger partial charge is 0.254 e. The van der Waals surface area contributed by atoms with Crippen LogP contribution in [-0.2, 0) is 11.8 Å². The van der Waals surface area contributed by atoms with Gasteiger partial charge >= 0.3 is 0 Å². The van der Waals surface area contributed by atoms with E-state index < -0.39 is 5.39 Å². The molecule has 3 unspecified atom stereocenters. The van der Waals surface area contributed by atoms with E-state index in [1.807, 2.05) is 7.05 Å². The van der Waals surface area contributed by atoms with Gasteiger partial charge in [0.1, 0.15) is 0 Å². The van der Waals surface area contributed by atoms with Gasteiger partial charge in [-0.1, -0.05) is 35.0 Å². The van der Waals surface area contributed by atoms with Crippen molar-refractivity contribution in [2.45, 2.75) is 11.3 Å². The van der Waals surface area contributed by atoms with Crippen molar-refractivity contribution in [3.05, 3.63) is 0 Å². The fraction of sp³-hybridized carbons (Fsp3) is 0.500. The van der Waals surface area contributed by atoms with Crippen LogP contribution in [0.4, 0.5) is 0 Å². The second-order valence-corrected chi connectivity index (χ2v) is 11.2. The van der Waals surface area contributed by atoms with Gasteiger partial charge in [0.15, 0.2) is 0 Å². The van der Waals surface area contributed by atoms with Gasteiger partial charge in [0.2, 0.25) is 0 Å². The number of hydrogen-bond acceptors (Lipinski definition) is 2. The molecule has 0 spiro atoms. The predicted molar refractivity (Wildman–Crippen MR) is 60.8 cm³/mol. The fourth-order valence-electron chi connectivity index (χ4n) is 1.08. The average Bonchev–Trinajstić information content (AvgIpc) is 2.24. The highest BCUT2D eigenvalue weighted by atomic mass is 32.9. The Morgan fingerprint density at radius 1 is 1.50 bits per heavy atom. The summed E-state index contributed by atoms with van der Waals surface area (Å²) in [7, 11) is 1.97. The predicted octanol–water partition coefficient (Wildman–Crippen LogP) is 1.61. The van der Waals surface area contributed by atoms with Crippen molar-refractivity contribution in [3.63, 3.8) is 0 Å². The molecule has 1 aliphatic rings. The molecule has 1 nitrogen and oxygen atoms in total. The number of terminal acetylenes is 2. The van der Waals surface area contributed by atoms with Crippen molar-refractivity contribution in [3.8, 4) is 24.7 Å². The van der Waals surface area contributed by atoms with Gasteiger partial charge in [0, 0.05) is 0 Å². The maximum atomic E-state index is 5.43. The van der Waals surface area contributed by atoms with Crippen LogP contribution < -0.4 is 0 Å². The first-order chi connectivity index (χ1) is 5.53. The van der Waals surface area contributed by atoms with Gasteiger partial charge in [0.25, 0.3) is 0 Å². The van der Waals surface area contributed by atoms with Gasteiger partial charge in [-0.05, 0) is 13.7 Å². The lowest BCUT2D eigenvalue weighted by atomic mass is 10.2. The second-order valence-electron chi connectivity index (χ2n) is 2.68. The molecule has 64 valence electrons. The van der Waals surface area contributed by atoms with Gasteiger partial charge in [0.05, 0.1) is 16.7 Å². The van der Waals surface area contributed by atoms with Gasteiger partial charge < -0.3 is 0 Å². The van der Waals surface area contributed by atoms with Crippen molar-refractivity contribution < 1.29 is 0 Å². The molecule has 0 aromatic rings. The average molecular weight is 215 g/mol. The van der Waals surface area contributed by atoms with E-state index in [-0.39, 0.29) is 11.3 Å². The zero-order valence-electron chi connectivity index (χ0n) is 7.02. The standard InChI is InChI=1S/C8H10NPS2/c1-5-7-8(6-2)12-10(4,11)9(7)3/h1-2,7-8H,3-4H3. The van der Waals surface area contributed by atoms with Gasteiger partial charge in [-0.3, -0.25) is 4.67 Å². The first-order valence-electron chi connectivity index (χ1n) is 3.44. The molecule has 0 aliphatic carbocycles. The Kier molecular flexibility index (Phi) is 2.92. The molecule has 0 aromatic heterocycles. The molecule has 1 rings (SSSR count). The summed E-state index contributed by atoms with van der Waals surface area (Å²) in [6.07, 6.45) is 10.7. The minimum atomic E-state index is -1.48. The molecule has 4 heteroatoms. The quantitative estimate of drug-likeness (QED) is 0.446. The highest BCUT2D eigenvalue weighted by molar-refractivity contribution is 8.70. The van der Waals surface area contributed by atoms with E-state index in [2.05, 4.69) is 23.2 Å². The van der Waals surface area contributed by atoms with Crippen LogP contribution in [0.5, 0.6) is 0 Å². The molecule has 12 heavy (non-hydrogen) atoms. The van der Waals surface area contributed by atoms with Crippen LogP contribution in [0.25, 0.3) is 0 Å². The summed E-state index contributed by atoms with van der Waals surface area (Å²) in [5.41, 5.74) is 0. The van der Waals surface area contributed by atoms with E-state index in [9.17, 15) is 0 Å². The molecule has 0 N–H and O–H groups in total. The molecule has 1 saturated heterocycles. The Hall–Kier alpha value is 0.0800. The lowest BCUT2D eigenvalue weighted by molar-refractivity contribution is 0.506. The summed E-state index contributed by atoms with van der Waals surface area (Å²) in [6, 6.07) is 0.0239. The van der Waals surface area contributed by atoms with Crippen LogP contribution in [0, 0.1) is 24.7 Å².